The summed E-state index contributed by atoms with van der Waals surface area (Å²) in [6.45, 7) is 3.78. The summed E-state index contributed by atoms with van der Waals surface area (Å²) in [4.78, 5) is 13.0. The second-order valence-electron chi connectivity index (χ2n) is 16.6. The maximum Gasteiger partial charge on any atom is 0.220 e. The molecule has 0 aliphatic carbocycles. The molecule has 1 aliphatic heterocycles. The Hall–Kier alpha value is -1.07. The minimum Gasteiger partial charge on any atom is -0.394 e. The summed E-state index contributed by atoms with van der Waals surface area (Å²) in [5, 5.41) is 54.2. The van der Waals surface area contributed by atoms with Gasteiger partial charge in [-0.2, -0.15) is 0 Å². The maximum atomic E-state index is 13.0. The smallest absolute Gasteiger partial charge is 0.220 e. The fourth-order valence-electron chi connectivity index (χ4n) is 7.57. The lowest BCUT2D eigenvalue weighted by molar-refractivity contribution is -0.302. The van der Waals surface area contributed by atoms with Crippen LogP contribution in [-0.2, 0) is 14.3 Å². The fraction of sp³-hybridized carbons (Fsp3) is 0.935. The van der Waals surface area contributed by atoms with Crippen molar-refractivity contribution in [2.24, 2.45) is 0 Å². The van der Waals surface area contributed by atoms with Crippen LogP contribution in [0.5, 0.6) is 0 Å². The van der Waals surface area contributed by atoms with E-state index >= 15 is 0 Å². The van der Waals surface area contributed by atoms with Gasteiger partial charge in [0.1, 0.15) is 24.4 Å². The van der Waals surface area contributed by atoms with Gasteiger partial charge in [-0.15, -0.1) is 0 Å². The van der Waals surface area contributed by atoms with Gasteiger partial charge in [-0.05, 0) is 19.3 Å². The lowest BCUT2D eigenvalue weighted by Gasteiger charge is -2.40. The molecule has 1 aliphatic rings. The third kappa shape index (κ3) is 28.1. The average molecular weight is 784 g/mol. The number of aliphatic hydroxyl groups is 5. The summed E-state index contributed by atoms with van der Waals surface area (Å²) in [5.74, 6) is -0.174. The minimum atomic E-state index is -1.56. The van der Waals surface area contributed by atoms with Gasteiger partial charge >= 0.3 is 0 Å². The zero-order chi connectivity index (χ0) is 40.2. The van der Waals surface area contributed by atoms with E-state index in [4.69, 9.17) is 9.47 Å². The van der Waals surface area contributed by atoms with Gasteiger partial charge in [-0.1, -0.05) is 206 Å². The molecular weight excluding hydrogens is 695 g/mol. The number of nitrogens with one attached hydrogen (secondary N) is 1. The van der Waals surface area contributed by atoms with Crippen molar-refractivity contribution in [2.75, 3.05) is 13.2 Å². The summed E-state index contributed by atoms with van der Waals surface area (Å²) in [5.41, 5.74) is 0. The summed E-state index contributed by atoms with van der Waals surface area (Å²) in [7, 11) is 0. The molecule has 0 spiro atoms. The third-order valence-corrected chi connectivity index (χ3v) is 11.4. The highest BCUT2D eigenvalue weighted by Crippen LogP contribution is 2.23. The van der Waals surface area contributed by atoms with Crippen LogP contribution in [-0.4, -0.2) is 87.5 Å². The Bertz CT molecular complexity index is 873. The predicted molar refractivity (Wildman–Crippen MR) is 226 cm³/mol. The molecule has 1 heterocycles. The van der Waals surface area contributed by atoms with E-state index in [1.165, 1.54) is 161 Å². The quantitative estimate of drug-likeness (QED) is 0.0267. The van der Waals surface area contributed by atoms with Crippen LogP contribution in [0.25, 0.3) is 0 Å². The van der Waals surface area contributed by atoms with E-state index in [9.17, 15) is 30.3 Å². The summed E-state index contributed by atoms with van der Waals surface area (Å²) in [6.07, 6.45) is 35.4. The first-order chi connectivity index (χ1) is 26.8. The van der Waals surface area contributed by atoms with E-state index in [1.807, 2.05) is 6.08 Å². The number of rotatable bonds is 39. The van der Waals surface area contributed by atoms with Gasteiger partial charge in [0.2, 0.25) is 5.91 Å². The second-order valence-corrected chi connectivity index (χ2v) is 16.6. The van der Waals surface area contributed by atoms with E-state index in [0.29, 0.717) is 6.42 Å². The first-order valence-electron chi connectivity index (χ1n) is 23.4. The minimum absolute atomic E-state index is 0.174. The Morgan fingerprint density at radius 2 is 1.00 bits per heavy atom. The molecule has 55 heavy (non-hydrogen) atoms. The lowest BCUT2D eigenvalue weighted by Crippen LogP contribution is -2.60. The van der Waals surface area contributed by atoms with Gasteiger partial charge < -0.3 is 40.3 Å². The van der Waals surface area contributed by atoms with Crippen LogP contribution in [0.2, 0.25) is 0 Å². The molecule has 0 radical (unpaired) electrons. The molecule has 0 bridgehead atoms. The summed E-state index contributed by atoms with van der Waals surface area (Å²) in [6, 6.07) is -0.798. The normalized spacial score (nSPS) is 21.3. The zero-order valence-electron chi connectivity index (χ0n) is 35.7. The van der Waals surface area contributed by atoms with E-state index in [1.54, 1.807) is 6.08 Å². The average Bonchev–Trinajstić information content (AvgIpc) is 3.18. The van der Waals surface area contributed by atoms with Crippen LogP contribution >= 0.6 is 0 Å². The third-order valence-electron chi connectivity index (χ3n) is 11.4. The van der Waals surface area contributed by atoms with Gasteiger partial charge in [0.15, 0.2) is 6.29 Å². The second kappa shape index (κ2) is 37.2. The topological polar surface area (TPSA) is 149 Å². The number of unbranched alkanes of at least 4 members (excludes halogenated alkanes) is 29. The molecule has 0 aromatic heterocycles. The number of allylic oxidation sites excluding steroid dienone is 1. The van der Waals surface area contributed by atoms with Crippen molar-refractivity contribution in [3.63, 3.8) is 0 Å². The largest absolute Gasteiger partial charge is 0.394 e. The van der Waals surface area contributed by atoms with Crippen molar-refractivity contribution in [2.45, 2.75) is 262 Å². The maximum absolute atomic E-state index is 13.0. The zero-order valence-corrected chi connectivity index (χ0v) is 35.7. The Morgan fingerprint density at radius 1 is 0.600 bits per heavy atom. The van der Waals surface area contributed by atoms with E-state index in [-0.39, 0.29) is 12.5 Å². The van der Waals surface area contributed by atoms with Crippen molar-refractivity contribution in [1.29, 1.82) is 0 Å². The Morgan fingerprint density at radius 3 is 1.42 bits per heavy atom. The SMILES string of the molecule is CCCCCCCCCCCCCC/C=C/[C@@H](O)[C@H](CO[C@@H]1O[C@H](CO)[C@H](O)C(O)C1O)NC(=O)CCCCCCCCCCCCCCCCCCCC. The van der Waals surface area contributed by atoms with E-state index in [0.717, 1.165) is 38.5 Å². The number of carbonyl (C=O) groups excluding carboxylic acids is 1. The Labute approximate surface area is 337 Å². The molecule has 1 saturated heterocycles. The molecule has 7 atom stereocenters. The van der Waals surface area contributed by atoms with Gasteiger partial charge in [0.25, 0.3) is 0 Å². The standard InChI is InChI=1S/C46H89NO8/c1-3-5-7-9-11-13-15-17-19-20-21-22-24-26-28-30-32-34-36-42(50)47-39(38-54-46-45(53)44(52)43(51)41(37-48)55-46)40(49)35-33-31-29-27-25-23-18-16-14-12-10-8-6-4-2/h33,35,39-41,43-46,48-49,51-53H,3-32,34,36-38H2,1-2H3,(H,47,50)/b35-33+/t39-,40+,41+,43-,44?,45?,46+/m0/s1. The molecule has 1 rings (SSSR count). The number of amides is 1. The first-order valence-corrected chi connectivity index (χ1v) is 23.4. The van der Waals surface area contributed by atoms with Crippen LogP contribution in [0.3, 0.4) is 0 Å². The molecule has 6 N–H and O–H groups in total. The molecule has 326 valence electrons. The number of hydrogen-bond donors (Lipinski definition) is 6. The fourth-order valence-corrected chi connectivity index (χ4v) is 7.57. The number of carbonyl (C=O) groups is 1. The monoisotopic (exact) mass is 784 g/mol. The van der Waals surface area contributed by atoms with Gasteiger partial charge in [0.05, 0.1) is 25.4 Å². The van der Waals surface area contributed by atoms with E-state index in [2.05, 4.69) is 19.2 Å². The highest BCUT2D eigenvalue weighted by molar-refractivity contribution is 5.76. The molecule has 9 heteroatoms. The summed E-state index contributed by atoms with van der Waals surface area (Å²) < 4.78 is 11.2. The molecule has 0 aromatic carbocycles. The Kier molecular flexibility index (Phi) is 35.2. The van der Waals surface area contributed by atoms with Crippen molar-refractivity contribution in [3.05, 3.63) is 12.2 Å². The molecule has 0 saturated carbocycles. The van der Waals surface area contributed by atoms with Crippen molar-refractivity contribution in [1.82, 2.24) is 5.32 Å². The number of aliphatic hydroxyl groups excluding tert-OH is 5. The number of hydrogen-bond acceptors (Lipinski definition) is 8. The van der Waals surface area contributed by atoms with Crippen LogP contribution in [0.1, 0.15) is 219 Å². The predicted octanol–water partition coefficient (Wildman–Crippen LogP) is 9.73. The van der Waals surface area contributed by atoms with Crippen molar-refractivity contribution >= 4 is 5.91 Å². The van der Waals surface area contributed by atoms with Gasteiger partial charge in [0, 0.05) is 6.42 Å². The van der Waals surface area contributed by atoms with Crippen molar-refractivity contribution in [3.8, 4) is 0 Å². The Balaban J connectivity index is 2.33. The van der Waals surface area contributed by atoms with Crippen LogP contribution in [0.15, 0.2) is 12.2 Å². The molecule has 1 amide bonds. The lowest BCUT2D eigenvalue weighted by atomic mass is 9.99. The van der Waals surface area contributed by atoms with E-state index < -0.39 is 49.5 Å². The number of ether oxygens (including phenoxy) is 2. The van der Waals surface area contributed by atoms with Gasteiger partial charge in [-0.25, -0.2) is 0 Å². The first kappa shape index (κ1) is 51.9. The van der Waals surface area contributed by atoms with Crippen molar-refractivity contribution < 1.29 is 39.8 Å². The molecule has 2 unspecified atom stereocenters. The van der Waals surface area contributed by atoms with Gasteiger partial charge in [-0.3, -0.25) is 4.79 Å². The van der Waals surface area contributed by atoms with Crippen LogP contribution in [0.4, 0.5) is 0 Å². The molecule has 1 fully saturated rings. The molecule has 9 nitrogen and oxygen atoms in total. The molecule has 0 aromatic rings. The summed E-state index contributed by atoms with van der Waals surface area (Å²) >= 11 is 0. The van der Waals surface area contributed by atoms with Crippen LogP contribution in [0, 0.1) is 0 Å². The molecular formula is C46H89NO8. The highest BCUT2D eigenvalue weighted by atomic mass is 16.7. The highest BCUT2D eigenvalue weighted by Gasteiger charge is 2.44. The van der Waals surface area contributed by atoms with Crippen LogP contribution < -0.4 is 5.32 Å².